The molecule has 3 rings (SSSR count). The number of fused-ring (bicyclic) bond motifs is 1. The van der Waals surface area contributed by atoms with E-state index in [9.17, 15) is 21.6 Å². The van der Waals surface area contributed by atoms with E-state index in [4.69, 9.17) is 5.26 Å². The van der Waals surface area contributed by atoms with Gasteiger partial charge in [0.25, 0.3) is 0 Å². The maximum Gasteiger partial charge on any atom is 0.416 e. The second kappa shape index (κ2) is 5.63. The largest absolute Gasteiger partial charge is 0.416 e. The van der Waals surface area contributed by atoms with Gasteiger partial charge in [-0.25, -0.2) is 8.42 Å². The van der Waals surface area contributed by atoms with Gasteiger partial charge in [-0.05, 0) is 48.9 Å². The third-order valence-electron chi connectivity index (χ3n) is 3.78. The Labute approximate surface area is 142 Å². The van der Waals surface area contributed by atoms with Crippen LogP contribution < -0.4 is 4.90 Å². The van der Waals surface area contributed by atoms with Crippen LogP contribution in [0.3, 0.4) is 0 Å². The summed E-state index contributed by atoms with van der Waals surface area (Å²) < 4.78 is 63.1. The third-order valence-corrected chi connectivity index (χ3v) is 5.48. The van der Waals surface area contributed by atoms with Crippen LogP contribution >= 0.6 is 0 Å². The van der Waals surface area contributed by atoms with Gasteiger partial charge in [0, 0.05) is 11.9 Å². The summed E-state index contributed by atoms with van der Waals surface area (Å²) in [6, 6.07) is 10.5. The lowest BCUT2D eigenvalue weighted by Gasteiger charge is -2.28. The first-order valence-electron chi connectivity index (χ1n) is 7.09. The quantitative estimate of drug-likeness (QED) is 0.757. The lowest BCUT2D eigenvalue weighted by molar-refractivity contribution is -0.137. The second-order valence-electron chi connectivity index (χ2n) is 5.49. The first-order chi connectivity index (χ1) is 11.6. The Kier molecular flexibility index (Phi) is 3.84. The minimum Gasteiger partial charge on any atom is -0.314 e. The van der Waals surface area contributed by atoms with E-state index in [1.165, 1.54) is 23.1 Å². The number of aryl methyl sites for hydroxylation is 1. The number of alkyl halides is 3. The van der Waals surface area contributed by atoms with Crippen molar-refractivity contribution >= 4 is 21.2 Å². The van der Waals surface area contributed by atoms with E-state index in [0.717, 1.165) is 23.9 Å². The SMILES string of the molecule is Cc1ccc2c(c1)N(c1ccc(C(F)(F)F)cc1)C=C(C#N)S2(=O)=O. The molecule has 0 amide bonds. The molecule has 0 radical (unpaired) electrons. The molecule has 1 aliphatic heterocycles. The smallest absolute Gasteiger partial charge is 0.314 e. The lowest BCUT2D eigenvalue weighted by Crippen LogP contribution is -2.21. The summed E-state index contributed by atoms with van der Waals surface area (Å²) >= 11 is 0. The van der Waals surface area contributed by atoms with Crippen molar-refractivity contribution in [1.82, 2.24) is 0 Å². The molecule has 2 aromatic carbocycles. The Balaban J connectivity index is 2.19. The molecule has 2 aromatic rings. The molecular weight excluding hydrogens is 353 g/mol. The molecule has 0 aromatic heterocycles. The topological polar surface area (TPSA) is 61.2 Å². The molecule has 1 heterocycles. The van der Waals surface area contributed by atoms with Gasteiger partial charge < -0.3 is 4.90 Å². The maximum absolute atomic E-state index is 12.7. The lowest BCUT2D eigenvalue weighted by atomic mass is 10.1. The molecule has 0 fully saturated rings. The first-order valence-corrected chi connectivity index (χ1v) is 8.57. The van der Waals surface area contributed by atoms with E-state index in [2.05, 4.69) is 0 Å². The molecular formula is C17H11F3N2O2S. The molecule has 4 nitrogen and oxygen atoms in total. The number of anilines is 2. The number of halogens is 3. The summed E-state index contributed by atoms with van der Waals surface area (Å²) in [6.45, 7) is 1.77. The Morgan fingerprint density at radius 1 is 1.08 bits per heavy atom. The predicted molar refractivity (Wildman–Crippen MR) is 85.6 cm³/mol. The number of hydrogen-bond donors (Lipinski definition) is 0. The number of allylic oxidation sites excluding steroid dienone is 1. The van der Waals surface area contributed by atoms with Crippen molar-refractivity contribution in [1.29, 1.82) is 5.26 Å². The molecule has 0 N–H and O–H groups in total. The van der Waals surface area contributed by atoms with E-state index in [-0.39, 0.29) is 4.90 Å². The highest BCUT2D eigenvalue weighted by molar-refractivity contribution is 7.95. The molecule has 0 spiro atoms. The fraction of sp³-hybridized carbons (Fsp3) is 0.118. The van der Waals surface area contributed by atoms with Crippen molar-refractivity contribution in [3.05, 3.63) is 64.7 Å². The van der Waals surface area contributed by atoms with Crippen molar-refractivity contribution < 1.29 is 21.6 Å². The third kappa shape index (κ3) is 2.87. The zero-order chi connectivity index (χ0) is 18.4. The van der Waals surface area contributed by atoms with E-state index in [1.54, 1.807) is 25.1 Å². The van der Waals surface area contributed by atoms with Gasteiger partial charge in [-0.3, -0.25) is 0 Å². The van der Waals surface area contributed by atoms with Crippen molar-refractivity contribution in [3.63, 3.8) is 0 Å². The van der Waals surface area contributed by atoms with Crippen LogP contribution in [-0.2, 0) is 16.0 Å². The first kappa shape index (κ1) is 17.0. The van der Waals surface area contributed by atoms with Crippen LogP contribution in [0.5, 0.6) is 0 Å². The van der Waals surface area contributed by atoms with Crippen molar-refractivity contribution in [2.24, 2.45) is 0 Å². The zero-order valence-corrected chi connectivity index (χ0v) is 13.7. The van der Waals surface area contributed by atoms with Gasteiger partial charge in [-0.15, -0.1) is 0 Å². The summed E-state index contributed by atoms with van der Waals surface area (Å²) in [7, 11) is -3.94. The van der Waals surface area contributed by atoms with Crippen molar-refractivity contribution in [2.75, 3.05) is 4.90 Å². The molecule has 1 aliphatic rings. The highest BCUT2D eigenvalue weighted by Crippen LogP contribution is 2.40. The van der Waals surface area contributed by atoms with Crippen molar-refractivity contribution in [3.8, 4) is 6.07 Å². The highest BCUT2D eigenvalue weighted by Gasteiger charge is 2.33. The van der Waals surface area contributed by atoms with Crippen LogP contribution in [0.4, 0.5) is 24.5 Å². The molecule has 0 bridgehead atoms. The van der Waals surface area contributed by atoms with E-state index in [0.29, 0.717) is 11.4 Å². The normalized spacial score (nSPS) is 16.0. The summed E-state index contributed by atoms with van der Waals surface area (Å²) in [4.78, 5) is 0.878. The Hall–Kier alpha value is -2.79. The van der Waals surface area contributed by atoms with Gasteiger partial charge in [0.2, 0.25) is 9.84 Å². The average Bonchev–Trinajstić information content (AvgIpc) is 2.54. The van der Waals surface area contributed by atoms with Crippen molar-refractivity contribution in [2.45, 2.75) is 18.0 Å². The number of nitrogens with zero attached hydrogens (tertiary/aromatic N) is 2. The summed E-state index contributed by atoms with van der Waals surface area (Å²) in [5, 5.41) is 9.15. The number of benzene rings is 2. The highest BCUT2D eigenvalue weighted by atomic mass is 32.2. The number of rotatable bonds is 1. The van der Waals surface area contributed by atoms with Gasteiger partial charge >= 0.3 is 6.18 Å². The zero-order valence-electron chi connectivity index (χ0n) is 12.9. The minimum atomic E-state index is -4.47. The Bertz CT molecular complexity index is 1020. The van der Waals surface area contributed by atoms with Crippen LogP contribution in [0.2, 0.25) is 0 Å². The van der Waals surface area contributed by atoms with Crippen LogP contribution in [0.1, 0.15) is 11.1 Å². The average molecular weight is 364 g/mol. The maximum atomic E-state index is 12.7. The minimum absolute atomic E-state index is 0.0583. The molecule has 0 saturated heterocycles. The standard InChI is InChI=1S/C17H11F3N2O2S/c1-11-2-7-16-15(8-11)22(10-14(9-21)25(16,23)24)13-5-3-12(4-6-13)17(18,19)20/h2-8,10H,1H3. The summed E-state index contributed by atoms with van der Waals surface area (Å²) in [5.74, 6) is 0. The van der Waals surface area contributed by atoms with Crippen LogP contribution in [0.15, 0.2) is 58.5 Å². The molecule has 0 unspecified atom stereocenters. The van der Waals surface area contributed by atoms with Gasteiger partial charge in [0.1, 0.15) is 6.07 Å². The molecule has 128 valence electrons. The monoisotopic (exact) mass is 364 g/mol. The van der Waals surface area contributed by atoms with E-state index >= 15 is 0 Å². The van der Waals surface area contributed by atoms with Gasteiger partial charge in [-0.1, -0.05) is 6.07 Å². The van der Waals surface area contributed by atoms with E-state index < -0.39 is 26.5 Å². The molecule has 8 heteroatoms. The summed E-state index contributed by atoms with van der Waals surface area (Å²) in [5.41, 5.74) is 0.579. The van der Waals surface area contributed by atoms with Gasteiger partial charge in [-0.2, -0.15) is 18.4 Å². The second-order valence-corrected chi connectivity index (χ2v) is 7.38. The predicted octanol–water partition coefficient (Wildman–Crippen LogP) is 4.30. The molecule has 0 atom stereocenters. The Morgan fingerprint density at radius 2 is 1.72 bits per heavy atom. The molecule has 25 heavy (non-hydrogen) atoms. The Morgan fingerprint density at radius 3 is 2.28 bits per heavy atom. The van der Waals surface area contributed by atoms with Crippen LogP contribution in [-0.4, -0.2) is 8.42 Å². The van der Waals surface area contributed by atoms with Gasteiger partial charge in [0.15, 0.2) is 4.91 Å². The number of hydrogen-bond acceptors (Lipinski definition) is 4. The molecule has 0 saturated carbocycles. The molecule has 0 aliphatic carbocycles. The summed E-state index contributed by atoms with van der Waals surface area (Å²) in [6.07, 6.45) is -3.34. The van der Waals surface area contributed by atoms with Crippen LogP contribution in [0.25, 0.3) is 0 Å². The van der Waals surface area contributed by atoms with Crippen LogP contribution in [0, 0.1) is 18.3 Å². The number of nitriles is 1. The fourth-order valence-corrected chi connectivity index (χ4v) is 3.81. The van der Waals surface area contributed by atoms with Gasteiger partial charge in [0.05, 0.1) is 16.1 Å². The number of sulfone groups is 1. The fourth-order valence-electron chi connectivity index (χ4n) is 2.53. The van der Waals surface area contributed by atoms with E-state index in [1.807, 2.05) is 0 Å².